The summed E-state index contributed by atoms with van der Waals surface area (Å²) in [7, 11) is 0. The summed E-state index contributed by atoms with van der Waals surface area (Å²) >= 11 is 0. The van der Waals surface area contributed by atoms with Crippen molar-refractivity contribution >= 4 is 23.3 Å². The second-order valence-corrected chi connectivity index (χ2v) is 7.43. The number of carbonyl (C=O) groups is 3. The number of imidazole rings is 1. The number of benzene rings is 2. The molecule has 9 nitrogen and oxygen atoms in total. The van der Waals surface area contributed by atoms with E-state index in [-0.39, 0.29) is 24.7 Å². The number of hydrogen-bond acceptors (Lipinski definition) is 6. The molecule has 2 unspecified atom stereocenters. The van der Waals surface area contributed by atoms with E-state index < -0.39 is 17.9 Å². The van der Waals surface area contributed by atoms with Gasteiger partial charge in [0.2, 0.25) is 11.8 Å². The summed E-state index contributed by atoms with van der Waals surface area (Å²) in [6.07, 6.45) is 3.27. The van der Waals surface area contributed by atoms with Crippen LogP contribution in [0.5, 0.6) is 5.75 Å². The van der Waals surface area contributed by atoms with E-state index >= 15 is 0 Å². The number of nitrogens with one attached hydrogen (secondary N) is 2. The second-order valence-electron chi connectivity index (χ2n) is 7.43. The molecule has 0 aliphatic heterocycles. The average molecular weight is 435 g/mol. The Kier molecular flexibility index (Phi) is 7.22. The Morgan fingerprint density at radius 2 is 1.69 bits per heavy atom. The van der Waals surface area contributed by atoms with E-state index in [1.54, 1.807) is 61.7 Å². The van der Waals surface area contributed by atoms with Gasteiger partial charge in [-0.25, -0.2) is 4.98 Å². The fraction of sp³-hybridized carbons (Fsp3) is 0.217. The number of hydrogen-bond donors (Lipinski definition) is 4. The van der Waals surface area contributed by atoms with Crippen LogP contribution in [0.25, 0.3) is 0 Å². The van der Waals surface area contributed by atoms with Crippen LogP contribution in [0.15, 0.2) is 61.1 Å². The summed E-state index contributed by atoms with van der Waals surface area (Å²) in [6, 6.07) is 12.5. The molecule has 6 N–H and O–H groups in total. The van der Waals surface area contributed by atoms with Crippen LogP contribution in [-0.4, -0.2) is 40.2 Å². The molecule has 1 heterocycles. The number of aromatic nitrogens is 2. The zero-order chi connectivity index (χ0) is 23.1. The van der Waals surface area contributed by atoms with Crippen LogP contribution in [-0.2, 0) is 16.0 Å². The quantitative estimate of drug-likeness (QED) is 0.279. The van der Waals surface area contributed by atoms with E-state index in [1.165, 1.54) is 6.33 Å². The van der Waals surface area contributed by atoms with E-state index in [0.717, 1.165) is 0 Å². The maximum atomic E-state index is 12.5. The highest BCUT2D eigenvalue weighted by molar-refractivity contribution is 6.09. The molecule has 0 fully saturated rings. The number of anilines is 1. The molecule has 2 atom stereocenters. The van der Waals surface area contributed by atoms with Crippen molar-refractivity contribution in [2.24, 2.45) is 11.7 Å². The van der Waals surface area contributed by atoms with Crippen LogP contribution >= 0.6 is 0 Å². The lowest BCUT2D eigenvalue weighted by Gasteiger charge is -2.18. The minimum absolute atomic E-state index is 0.0899. The van der Waals surface area contributed by atoms with Gasteiger partial charge in [-0.1, -0.05) is 6.92 Å². The number of rotatable bonds is 10. The molecular formula is C23H25N5O4. The lowest BCUT2D eigenvalue weighted by molar-refractivity contribution is -0.130. The fourth-order valence-corrected chi connectivity index (χ4v) is 2.95. The highest BCUT2D eigenvalue weighted by Crippen LogP contribution is 2.17. The number of amides is 2. The molecule has 0 spiro atoms. The molecule has 9 heteroatoms. The third kappa shape index (κ3) is 5.94. The largest absolute Gasteiger partial charge is 0.493 e. The Hall–Kier alpha value is -4.14. The number of ketones is 1. The van der Waals surface area contributed by atoms with Crippen LogP contribution in [0.2, 0.25) is 0 Å². The molecule has 0 saturated carbocycles. The molecule has 0 aliphatic rings. The summed E-state index contributed by atoms with van der Waals surface area (Å²) in [5.74, 6) is -1.14. The molecule has 1 aromatic heterocycles. The molecule has 0 aliphatic carbocycles. The lowest BCUT2D eigenvalue weighted by atomic mass is 10.0. The van der Waals surface area contributed by atoms with Gasteiger partial charge < -0.3 is 26.5 Å². The maximum Gasteiger partial charge on any atom is 0.240 e. The van der Waals surface area contributed by atoms with E-state index in [9.17, 15) is 14.4 Å². The molecule has 0 saturated heterocycles. The number of H-pyrrole nitrogens is 1. The van der Waals surface area contributed by atoms with E-state index in [2.05, 4.69) is 15.3 Å². The fourth-order valence-electron chi connectivity index (χ4n) is 2.95. The van der Waals surface area contributed by atoms with Gasteiger partial charge in [0.05, 0.1) is 18.9 Å². The summed E-state index contributed by atoms with van der Waals surface area (Å²) in [5.41, 5.74) is 13.4. The Morgan fingerprint density at radius 3 is 2.25 bits per heavy atom. The summed E-state index contributed by atoms with van der Waals surface area (Å²) in [5, 5.41) is 2.64. The van der Waals surface area contributed by atoms with Gasteiger partial charge in [0, 0.05) is 35.1 Å². The highest BCUT2D eigenvalue weighted by atomic mass is 16.5. The molecule has 0 bridgehead atoms. The van der Waals surface area contributed by atoms with Crippen LogP contribution in [0.1, 0.15) is 28.5 Å². The number of nitrogens with two attached hydrogens (primary N) is 2. The summed E-state index contributed by atoms with van der Waals surface area (Å²) in [6.45, 7) is 1.77. The van der Waals surface area contributed by atoms with Gasteiger partial charge >= 0.3 is 0 Å². The molecular weight excluding hydrogens is 410 g/mol. The van der Waals surface area contributed by atoms with Crippen molar-refractivity contribution < 1.29 is 19.1 Å². The van der Waals surface area contributed by atoms with Crippen molar-refractivity contribution in [3.8, 4) is 5.75 Å². The standard InChI is InChI=1S/C23H25N5O4/c1-14(23(31)28-20(22(25)30)10-18-11-26-13-27-18)12-32-19-8-4-16(5-9-19)21(29)15-2-6-17(24)7-3-15/h2-9,11,13-14,20H,10,12,24H2,1H3,(H2,25,30)(H,26,27)(H,28,31). The number of aromatic amines is 1. The zero-order valence-electron chi connectivity index (χ0n) is 17.6. The normalized spacial score (nSPS) is 12.5. The van der Waals surface area contributed by atoms with E-state index in [0.29, 0.717) is 28.3 Å². The zero-order valence-corrected chi connectivity index (χ0v) is 17.6. The first kappa shape index (κ1) is 22.5. The van der Waals surface area contributed by atoms with Gasteiger partial charge in [-0.05, 0) is 48.5 Å². The van der Waals surface area contributed by atoms with Crippen LogP contribution < -0.4 is 21.5 Å². The first-order valence-corrected chi connectivity index (χ1v) is 10.0. The Morgan fingerprint density at radius 1 is 1.06 bits per heavy atom. The molecule has 0 radical (unpaired) electrons. The monoisotopic (exact) mass is 435 g/mol. The van der Waals surface area contributed by atoms with Crippen molar-refractivity contribution in [2.75, 3.05) is 12.3 Å². The SMILES string of the molecule is CC(COc1ccc(C(=O)c2ccc(N)cc2)cc1)C(=O)NC(Cc1cnc[nH]1)C(N)=O. The Balaban J connectivity index is 1.52. The first-order valence-electron chi connectivity index (χ1n) is 10.0. The van der Waals surface area contributed by atoms with Gasteiger partial charge in [0.15, 0.2) is 5.78 Å². The highest BCUT2D eigenvalue weighted by Gasteiger charge is 2.23. The van der Waals surface area contributed by atoms with E-state index in [4.69, 9.17) is 16.2 Å². The number of ether oxygens (including phenoxy) is 1. The maximum absolute atomic E-state index is 12.5. The minimum Gasteiger partial charge on any atom is -0.493 e. The van der Waals surface area contributed by atoms with Crippen LogP contribution in [0, 0.1) is 5.92 Å². The third-order valence-corrected chi connectivity index (χ3v) is 4.88. The van der Waals surface area contributed by atoms with Gasteiger partial charge in [0.25, 0.3) is 0 Å². The summed E-state index contributed by atoms with van der Waals surface area (Å²) < 4.78 is 5.67. The van der Waals surface area contributed by atoms with Gasteiger partial charge in [-0.3, -0.25) is 14.4 Å². The van der Waals surface area contributed by atoms with Gasteiger partial charge in [-0.15, -0.1) is 0 Å². The van der Waals surface area contributed by atoms with E-state index in [1.807, 2.05) is 0 Å². The van der Waals surface area contributed by atoms with Crippen molar-refractivity contribution in [3.63, 3.8) is 0 Å². The molecule has 166 valence electrons. The number of carbonyl (C=O) groups excluding carboxylic acids is 3. The molecule has 3 aromatic rings. The molecule has 3 rings (SSSR count). The Labute approximate surface area is 185 Å². The van der Waals surface area contributed by atoms with Crippen molar-refractivity contribution in [3.05, 3.63) is 77.9 Å². The number of primary amides is 1. The topological polar surface area (TPSA) is 153 Å². The second kappa shape index (κ2) is 10.3. The molecule has 2 amide bonds. The third-order valence-electron chi connectivity index (χ3n) is 4.88. The van der Waals surface area contributed by atoms with Crippen molar-refractivity contribution in [1.29, 1.82) is 0 Å². The van der Waals surface area contributed by atoms with Crippen LogP contribution in [0.3, 0.4) is 0 Å². The van der Waals surface area contributed by atoms with Crippen molar-refractivity contribution in [2.45, 2.75) is 19.4 Å². The van der Waals surface area contributed by atoms with Gasteiger partial charge in [0.1, 0.15) is 11.8 Å². The predicted molar refractivity (Wildman–Crippen MR) is 119 cm³/mol. The smallest absolute Gasteiger partial charge is 0.240 e. The Bertz CT molecular complexity index is 1060. The molecule has 2 aromatic carbocycles. The first-order chi connectivity index (χ1) is 15.3. The van der Waals surface area contributed by atoms with Gasteiger partial charge in [-0.2, -0.15) is 0 Å². The summed E-state index contributed by atoms with van der Waals surface area (Å²) in [4.78, 5) is 43.4. The average Bonchev–Trinajstić information content (AvgIpc) is 3.30. The van der Waals surface area contributed by atoms with Crippen LogP contribution in [0.4, 0.5) is 5.69 Å². The van der Waals surface area contributed by atoms with Crippen molar-refractivity contribution in [1.82, 2.24) is 15.3 Å². The predicted octanol–water partition coefficient (Wildman–Crippen LogP) is 1.45. The minimum atomic E-state index is -0.857. The number of nitrogen functional groups attached to an aromatic ring is 1. The lowest BCUT2D eigenvalue weighted by Crippen LogP contribution is -2.48. The molecule has 32 heavy (non-hydrogen) atoms. The number of nitrogens with zero attached hydrogens (tertiary/aromatic N) is 1.